The first kappa shape index (κ1) is 27.5. The summed E-state index contributed by atoms with van der Waals surface area (Å²) in [5.74, 6) is 0.382. The molecule has 2 aliphatic heterocycles. The molecule has 2 aromatic heterocycles. The van der Waals surface area contributed by atoms with Gasteiger partial charge in [0, 0.05) is 50.1 Å². The molecule has 2 fully saturated rings. The van der Waals surface area contributed by atoms with Gasteiger partial charge in [-0.25, -0.2) is 27.4 Å². The number of benzene rings is 1. The van der Waals surface area contributed by atoms with E-state index in [1.807, 2.05) is 18.2 Å². The number of nitrogens with one attached hydrogen (secondary N) is 2. The molecule has 2 saturated heterocycles. The summed E-state index contributed by atoms with van der Waals surface area (Å²) in [5, 5.41) is 21.5. The van der Waals surface area contributed by atoms with E-state index in [4.69, 9.17) is 16.3 Å². The molecule has 3 aromatic rings. The number of hydrogen-bond acceptors (Lipinski definition) is 9. The Balaban J connectivity index is 1.28. The van der Waals surface area contributed by atoms with Gasteiger partial charge in [-0.05, 0) is 43.4 Å². The molecule has 13 heteroatoms. The molecule has 2 aliphatic rings. The molecular weight excluding hydrogens is 540 g/mol. The molecule has 206 valence electrons. The van der Waals surface area contributed by atoms with E-state index in [0.29, 0.717) is 66.3 Å². The molecule has 0 aliphatic carbocycles. The van der Waals surface area contributed by atoms with Crippen molar-refractivity contribution in [3.8, 4) is 23.0 Å². The summed E-state index contributed by atoms with van der Waals surface area (Å²) in [5.41, 5.74) is 3.23. The monoisotopic (exact) mass is 570 g/mol. The van der Waals surface area contributed by atoms with Gasteiger partial charge in [-0.3, -0.25) is 0 Å². The fourth-order valence-electron chi connectivity index (χ4n) is 4.85. The van der Waals surface area contributed by atoms with Crippen LogP contribution >= 0.6 is 11.6 Å². The fourth-order valence-corrected chi connectivity index (χ4v) is 6.02. The Morgan fingerprint density at radius 3 is 2.72 bits per heavy atom. The van der Waals surface area contributed by atoms with Crippen LogP contribution in [0.4, 0.5) is 5.95 Å². The van der Waals surface area contributed by atoms with Crippen LogP contribution in [0.2, 0.25) is 5.02 Å². The summed E-state index contributed by atoms with van der Waals surface area (Å²) in [6, 6.07) is 8.41. The third kappa shape index (κ3) is 6.74. The van der Waals surface area contributed by atoms with Crippen molar-refractivity contribution in [2.45, 2.75) is 44.3 Å². The predicted molar refractivity (Wildman–Crippen MR) is 148 cm³/mol. The number of halogens is 1. The zero-order valence-electron chi connectivity index (χ0n) is 21.7. The van der Waals surface area contributed by atoms with Crippen LogP contribution in [0.1, 0.15) is 36.8 Å². The van der Waals surface area contributed by atoms with Crippen LogP contribution in [0.3, 0.4) is 0 Å². The average molecular weight is 571 g/mol. The molecule has 4 heterocycles. The fraction of sp³-hybridized carbons (Fsp3) is 0.462. The number of aromatic nitrogens is 4. The Bertz CT molecular complexity index is 1460. The Hall–Kier alpha value is -3.08. The van der Waals surface area contributed by atoms with Gasteiger partial charge >= 0.3 is 0 Å². The van der Waals surface area contributed by atoms with Gasteiger partial charge < -0.3 is 15.4 Å². The summed E-state index contributed by atoms with van der Waals surface area (Å²) in [4.78, 5) is 8.91. The van der Waals surface area contributed by atoms with Gasteiger partial charge in [0.1, 0.15) is 6.07 Å². The molecule has 1 atom stereocenters. The molecule has 0 unspecified atom stereocenters. The van der Waals surface area contributed by atoms with Crippen molar-refractivity contribution < 1.29 is 13.2 Å². The van der Waals surface area contributed by atoms with Gasteiger partial charge in [-0.2, -0.15) is 10.4 Å². The van der Waals surface area contributed by atoms with E-state index in [0.717, 1.165) is 37.3 Å². The molecule has 11 nitrogen and oxygen atoms in total. The Labute approximate surface area is 233 Å². The molecule has 0 bridgehead atoms. The Kier molecular flexibility index (Phi) is 8.44. The molecule has 0 radical (unpaired) electrons. The van der Waals surface area contributed by atoms with E-state index in [1.165, 1.54) is 16.8 Å². The number of nitrogens with zero attached hydrogens (tertiary/aromatic N) is 6. The molecule has 2 N–H and O–H groups in total. The topological polar surface area (TPSA) is 138 Å². The van der Waals surface area contributed by atoms with Gasteiger partial charge in [0.15, 0.2) is 0 Å². The number of sulfonamides is 1. The van der Waals surface area contributed by atoms with Crippen LogP contribution in [0, 0.1) is 11.3 Å². The van der Waals surface area contributed by atoms with E-state index < -0.39 is 10.0 Å². The lowest BCUT2D eigenvalue weighted by atomic mass is 10.1. The van der Waals surface area contributed by atoms with Gasteiger partial charge in [0.2, 0.25) is 16.0 Å². The largest absolute Gasteiger partial charge is 0.380 e. The van der Waals surface area contributed by atoms with Crippen LogP contribution < -0.4 is 10.6 Å². The maximum atomic E-state index is 11.8. The lowest BCUT2D eigenvalue weighted by molar-refractivity contribution is 0.0699. The van der Waals surface area contributed by atoms with Crippen molar-refractivity contribution in [1.29, 1.82) is 5.26 Å². The lowest BCUT2D eigenvalue weighted by Crippen LogP contribution is -2.42. The number of hydrogen-bond donors (Lipinski definition) is 2. The third-order valence-electron chi connectivity index (χ3n) is 7.04. The molecule has 0 spiro atoms. The second-order valence-electron chi connectivity index (χ2n) is 9.90. The van der Waals surface area contributed by atoms with Crippen molar-refractivity contribution in [2.75, 3.05) is 37.9 Å². The Morgan fingerprint density at radius 1 is 1.21 bits per heavy atom. The van der Waals surface area contributed by atoms with Crippen molar-refractivity contribution in [3.05, 3.63) is 52.9 Å². The SMILES string of the molecule is CS(=O)(=O)N1CCC(Nc2ncc(C#N)c(-c3cnn(-c4ccc(CN[C@@H]5CCCOC5)cc4Cl)c3)n2)CC1. The van der Waals surface area contributed by atoms with Crippen molar-refractivity contribution in [1.82, 2.24) is 29.4 Å². The maximum absolute atomic E-state index is 11.8. The summed E-state index contributed by atoms with van der Waals surface area (Å²) in [6.07, 6.45) is 9.60. The highest BCUT2D eigenvalue weighted by molar-refractivity contribution is 7.88. The highest BCUT2D eigenvalue weighted by Gasteiger charge is 2.25. The second-order valence-corrected chi connectivity index (χ2v) is 12.3. The quantitative estimate of drug-likeness (QED) is 0.418. The maximum Gasteiger partial charge on any atom is 0.223 e. The van der Waals surface area contributed by atoms with Crippen LogP contribution in [0.25, 0.3) is 16.9 Å². The highest BCUT2D eigenvalue weighted by atomic mass is 35.5. The predicted octanol–water partition coefficient (Wildman–Crippen LogP) is 2.96. The van der Waals surface area contributed by atoms with Crippen LogP contribution in [0.5, 0.6) is 0 Å². The number of nitriles is 1. The van der Waals surface area contributed by atoms with Gasteiger partial charge in [0.05, 0.1) is 47.2 Å². The number of ether oxygens (including phenoxy) is 1. The van der Waals surface area contributed by atoms with Crippen LogP contribution in [-0.4, -0.2) is 77.1 Å². The number of piperidine rings is 1. The minimum Gasteiger partial charge on any atom is -0.380 e. The summed E-state index contributed by atoms with van der Waals surface area (Å²) in [6.45, 7) is 3.15. The molecule has 0 saturated carbocycles. The smallest absolute Gasteiger partial charge is 0.223 e. The first-order chi connectivity index (χ1) is 18.8. The van der Waals surface area contributed by atoms with Crippen LogP contribution in [-0.2, 0) is 21.3 Å². The number of rotatable bonds is 8. The van der Waals surface area contributed by atoms with Gasteiger partial charge in [-0.15, -0.1) is 0 Å². The van der Waals surface area contributed by atoms with E-state index in [2.05, 4.69) is 31.8 Å². The molecule has 39 heavy (non-hydrogen) atoms. The Morgan fingerprint density at radius 2 is 2.03 bits per heavy atom. The zero-order chi connectivity index (χ0) is 27.4. The van der Waals surface area contributed by atoms with Crippen molar-refractivity contribution in [3.63, 3.8) is 0 Å². The zero-order valence-corrected chi connectivity index (χ0v) is 23.2. The molecule has 1 aromatic carbocycles. The normalized spacial score (nSPS) is 19.1. The summed E-state index contributed by atoms with van der Waals surface area (Å²) < 4.78 is 32.2. The highest BCUT2D eigenvalue weighted by Crippen LogP contribution is 2.27. The summed E-state index contributed by atoms with van der Waals surface area (Å²) in [7, 11) is -3.20. The lowest BCUT2D eigenvalue weighted by Gasteiger charge is -2.30. The number of anilines is 1. The van der Waals surface area contributed by atoms with E-state index in [1.54, 1.807) is 17.1 Å². The van der Waals surface area contributed by atoms with Gasteiger partial charge in [0.25, 0.3) is 0 Å². The standard InChI is InChI=1S/C26H31ClN8O3S/c1-39(36,37)34-8-6-21(7-9-34)32-26-30-14-19(12-28)25(33-26)20-15-31-35(16-20)24-5-4-18(11-23(24)27)13-29-22-3-2-10-38-17-22/h4-5,11,14-16,21-22,29H,2-3,6-10,13,17H2,1H3,(H,30,32,33)/t22-/m1/s1. The van der Waals surface area contributed by atoms with Gasteiger partial charge in [-0.1, -0.05) is 17.7 Å². The first-order valence-corrected chi connectivity index (χ1v) is 15.2. The van der Waals surface area contributed by atoms with Crippen molar-refractivity contribution >= 4 is 27.6 Å². The summed E-state index contributed by atoms with van der Waals surface area (Å²) >= 11 is 6.63. The van der Waals surface area contributed by atoms with E-state index in [9.17, 15) is 13.7 Å². The molecule has 5 rings (SSSR count). The van der Waals surface area contributed by atoms with E-state index in [-0.39, 0.29) is 6.04 Å². The molecular formula is C26H31ClN8O3S. The minimum atomic E-state index is -3.20. The van der Waals surface area contributed by atoms with E-state index >= 15 is 0 Å². The molecule has 0 amide bonds. The minimum absolute atomic E-state index is 0.0314. The third-order valence-corrected chi connectivity index (χ3v) is 8.64. The van der Waals surface area contributed by atoms with Crippen molar-refractivity contribution in [2.24, 2.45) is 0 Å². The second kappa shape index (κ2) is 12.0. The average Bonchev–Trinajstić information content (AvgIpc) is 3.42. The van der Waals surface area contributed by atoms with Crippen LogP contribution in [0.15, 0.2) is 36.8 Å². The first-order valence-electron chi connectivity index (χ1n) is 12.9.